The van der Waals surface area contributed by atoms with Crippen molar-refractivity contribution in [2.24, 2.45) is 0 Å². The van der Waals surface area contributed by atoms with Crippen LogP contribution in [0.15, 0.2) is 23.1 Å². The highest BCUT2D eigenvalue weighted by molar-refractivity contribution is 7.91. The summed E-state index contributed by atoms with van der Waals surface area (Å²) >= 11 is 5.88. The predicted octanol–water partition coefficient (Wildman–Crippen LogP) is 2.51. The Labute approximate surface area is 113 Å². The van der Waals surface area contributed by atoms with Crippen molar-refractivity contribution in [1.29, 1.82) is 0 Å². The first-order chi connectivity index (χ1) is 8.13. The maximum Gasteiger partial charge on any atom is 0.184 e. The lowest BCUT2D eigenvalue weighted by Gasteiger charge is -2.19. The van der Waals surface area contributed by atoms with Crippen LogP contribution in [-0.4, -0.2) is 26.4 Å². The monoisotopic (exact) mass is 291 g/mol. The smallest absolute Gasteiger partial charge is 0.184 e. The summed E-state index contributed by atoms with van der Waals surface area (Å²) in [5.41, 5.74) is 5.45. The molecule has 0 radical (unpaired) electrons. The minimum atomic E-state index is -3.53. The molecule has 0 saturated heterocycles. The van der Waals surface area contributed by atoms with Crippen LogP contribution in [0.4, 0.5) is 5.69 Å². The lowest BCUT2D eigenvalue weighted by atomic mass is 10.2. The Kier molecular flexibility index (Phi) is 4.64. The van der Waals surface area contributed by atoms with Crippen molar-refractivity contribution in [3.05, 3.63) is 23.2 Å². The van der Waals surface area contributed by atoms with Crippen LogP contribution in [0.3, 0.4) is 0 Å². The van der Waals surface area contributed by atoms with E-state index in [-0.39, 0.29) is 33.6 Å². The lowest BCUT2D eigenvalue weighted by Crippen LogP contribution is -2.24. The number of anilines is 1. The first-order valence-electron chi connectivity index (χ1n) is 5.54. The van der Waals surface area contributed by atoms with Gasteiger partial charge in [0.1, 0.15) is 4.90 Å². The van der Waals surface area contributed by atoms with Gasteiger partial charge in [-0.2, -0.15) is 0 Å². The topological polar surface area (TPSA) is 69.4 Å². The Bertz CT molecular complexity index is 500. The van der Waals surface area contributed by atoms with E-state index in [0.717, 1.165) is 0 Å². The minimum Gasteiger partial charge on any atom is -0.398 e. The van der Waals surface area contributed by atoms with E-state index in [9.17, 15) is 8.42 Å². The first kappa shape index (κ1) is 15.3. The number of hydrogen-bond acceptors (Lipinski definition) is 4. The van der Waals surface area contributed by atoms with Crippen molar-refractivity contribution in [1.82, 2.24) is 0 Å². The number of benzene rings is 1. The fourth-order valence-corrected chi connectivity index (χ4v) is 3.25. The third-order valence-electron chi connectivity index (χ3n) is 2.20. The molecule has 0 spiro atoms. The van der Waals surface area contributed by atoms with Crippen LogP contribution in [0.1, 0.15) is 20.8 Å². The fraction of sp³-hybridized carbons (Fsp3) is 0.500. The quantitative estimate of drug-likeness (QED) is 0.866. The SMILES string of the molecule is CC(C)(C)OCCS(=O)(=O)c1c(N)cccc1Cl. The van der Waals surface area contributed by atoms with Crippen LogP contribution in [0.25, 0.3) is 0 Å². The van der Waals surface area contributed by atoms with Gasteiger partial charge in [-0.15, -0.1) is 0 Å². The van der Waals surface area contributed by atoms with E-state index in [4.69, 9.17) is 22.1 Å². The molecule has 0 aliphatic rings. The standard InChI is InChI=1S/C12H18ClNO3S/c1-12(2,3)17-7-8-18(15,16)11-9(13)5-4-6-10(11)14/h4-6H,7-8,14H2,1-3H3. The number of hydrogen-bond donors (Lipinski definition) is 1. The van der Waals surface area contributed by atoms with E-state index in [1.54, 1.807) is 6.07 Å². The largest absolute Gasteiger partial charge is 0.398 e. The summed E-state index contributed by atoms with van der Waals surface area (Å²) in [5.74, 6) is -0.141. The number of rotatable bonds is 4. The third-order valence-corrected chi connectivity index (χ3v) is 4.40. The normalized spacial score (nSPS) is 12.7. The van der Waals surface area contributed by atoms with Crippen molar-refractivity contribution in [3.8, 4) is 0 Å². The molecule has 0 aromatic heterocycles. The van der Waals surface area contributed by atoms with Crippen molar-refractivity contribution < 1.29 is 13.2 Å². The summed E-state index contributed by atoms with van der Waals surface area (Å²) in [4.78, 5) is -0.0100. The van der Waals surface area contributed by atoms with Crippen molar-refractivity contribution >= 4 is 27.1 Å². The van der Waals surface area contributed by atoms with Crippen molar-refractivity contribution in [2.75, 3.05) is 18.1 Å². The maximum atomic E-state index is 12.1. The molecule has 18 heavy (non-hydrogen) atoms. The van der Waals surface area contributed by atoms with E-state index >= 15 is 0 Å². The number of sulfone groups is 1. The van der Waals surface area contributed by atoms with Crippen molar-refractivity contribution in [2.45, 2.75) is 31.3 Å². The van der Waals surface area contributed by atoms with E-state index in [1.807, 2.05) is 20.8 Å². The molecule has 0 aliphatic heterocycles. The molecule has 0 saturated carbocycles. The van der Waals surface area contributed by atoms with Gasteiger partial charge in [0.25, 0.3) is 0 Å². The molecule has 1 aromatic carbocycles. The van der Waals surface area contributed by atoms with E-state index < -0.39 is 9.84 Å². The van der Waals surface area contributed by atoms with Gasteiger partial charge in [-0.1, -0.05) is 17.7 Å². The summed E-state index contributed by atoms with van der Waals surface area (Å²) in [6.45, 7) is 5.70. The van der Waals surface area contributed by atoms with Crippen LogP contribution < -0.4 is 5.73 Å². The first-order valence-corrected chi connectivity index (χ1v) is 7.57. The van der Waals surface area contributed by atoms with Crippen molar-refractivity contribution in [3.63, 3.8) is 0 Å². The zero-order valence-electron chi connectivity index (χ0n) is 10.7. The molecule has 1 rings (SSSR count). The predicted molar refractivity (Wildman–Crippen MR) is 73.6 cm³/mol. The molecular formula is C12H18ClNO3S. The summed E-state index contributed by atoms with van der Waals surface area (Å²) in [7, 11) is -3.53. The van der Waals surface area contributed by atoms with E-state index in [0.29, 0.717) is 0 Å². The molecule has 6 heteroatoms. The highest BCUT2D eigenvalue weighted by atomic mass is 35.5. The molecule has 0 fully saturated rings. The Morgan fingerprint density at radius 2 is 1.94 bits per heavy atom. The van der Waals surface area contributed by atoms with Gasteiger partial charge in [0, 0.05) is 0 Å². The fourth-order valence-electron chi connectivity index (χ4n) is 1.41. The number of ether oxygens (including phenoxy) is 1. The van der Waals surface area contributed by atoms with Gasteiger partial charge in [-0.3, -0.25) is 0 Å². The molecular weight excluding hydrogens is 274 g/mol. The second-order valence-corrected chi connectivity index (χ2v) is 7.39. The Morgan fingerprint density at radius 1 is 1.33 bits per heavy atom. The number of nitrogens with two attached hydrogens (primary N) is 1. The highest BCUT2D eigenvalue weighted by Gasteiger charge is 2.22. The van der Waals surface area contributed by atoms with Crippen LogP contribution in [0.5, 0.6) is 0 Å². The second-order valence-electron chi connectivity index (χ2n) is 4.94. The molecule has 4 nitrogen and oxygen atoms in total. The molecule has 0 heterocycles. The van der Waals surface area contributed by atoms with Crippen LogP contribution in [0, 0.1) is 0 Å². The zero-order chi connectivity index (χ0) is 14.0. The van der Waals surface area contributed by atoms with Gasteiger partial charge in [0.2, 0.25) is 0 Å². The molecule has 0 unspecified atom stereocenters. The van der Waals surface area contributed by atoms with Gasteiger partial charge in [-0.25, -0.2) is 8.42 Å². The average molecular weight is 292 g/mol. The Hall–Kier alpha value is -0.780. The summed E-state index contributed by atoms with van der Waals surface area (Å²) in [6.07, 6.45) is 0. The lowest BCUT2D eigenvalue weighted by molar-refractivity contribution is 0.00645. The van der Waals surface area contributed by atoms with E-state index in [2.05, 4.69) is 0 Å². The van der Waals surface area contributed by atoms with E-state index in [1.165, 1.54) is 12.1 Å². The maximum absolute atomic E-state index is 12.1. The second kappa shape index (κ2) is 5.47. The van der Waals surface area contributed by atoms with Crippen LogP contribution in [0.2, 0.25) is 5.02 Å². The van der Waals surface area contributed by atoms with Gasteiger partial charge in [0.05, 0.1) is 28.7 Å². The summed E-state index contributed by atoms with van der Waals surface area (Å²) < 4.78 is 29.6. The Balaban J connectivity index is 2.88. The van der Waals surface area contributed by atoms with Gasteiger partial charge in [0.15, 0.2) is 9.84 Å². The molecule has 0 bridgehead atoms. The summed E-state index contributed by atoms with van der Waals surface area (Å²) in [6, 6.07) is 4.64. The molecule has 2 N–H and O–H groups in total. The van der Waals surface area contributed by atoms with Crippen LogP contribution in [-0.2, 0) is 14.6 Å². The number of halogens is 1. The van der Waals surface area contributed by atoms with Gasteiger partial charge in [-0.05, 0) is 32.9 Å². The van der Waals surface area contributed by atoms with Gasteiger partial charge < -0.3 is 10.5 Å². The van der Waals surface area contributed by atoms with Crippen LogP contribution >= 0.6 is 11.6 Å². The molecule has 102 valence electrons. The Morgan fingerprint density at radius 3 is 2.44 bits per heavy atom. The molecule has 1 aromatic rings. The summed E-state index contributed by atoms with van der Waals surface area (Å²) in [5, 5.41) is 0.144. The highest BCUT2D eigenvalue weighted by Crippen LogP contribution is 2.28. The molecule has 0 amide bonds. The third kappa shape index (κ3) is 4.15. The average Bonchev–Trinajstić information content (AvgIpc) is 2.13. The zero-order valence-corrected chi connectivity index (χ0v) is 12.3. The molecule has 0 atom stereocenters. The number of nitrogen functional groups attached to an aromatic ring is 1. The minimum absolute atomic E-state index is 0.0100. The van der Waals surface area contributed by atoms with Gasteiger partial charge >= 0.3 is 0 Å². The molecule has 0 aliphatic carbocycles.